The Morgan fingerprint density at radius 1 is 1.64 bits per heavy atom. The number of aldehydes is 1. The summed E-state index contributed by atoms with van der Waals surface area (Å²) in [5.41, 5.74) is 0.680. The zero-order chi connectivity index (χ0) is 10.6. The average molecular weight is 213 g/mol. The van der Waals surface area contributed by atoms with Crippen molar-refractivity contribution < 1.29 is 9.00 Å². The standard InChI is InChI=1S/C10H15NO2S/c1-9(5-7-14(2)13)11-6-3-4-10(11)8-12/h3-4,6,8-9H,5,7H2,1-2H3. The third-order valence-electron chi connectivity index (χ3n) is 2.23. The molecule has 0 bridgehead atoms. The first-order chi connectivity index (χ1) is 6.65. The molecule has 0 radical (unpaired) electrons. The molecule has 1 heterocycles. The highest BCUT2D eigenvalue weighted by Gasteiger charge is 2.08. The van der Waals surface area contributed by atoms with Crippen LogP contribution in [0, 0.1) is 0 Å². The van der Waals surface area contributed by atoms with Crippen molar-refractivity contribution in [3.63, 3.8) is 0 Å². The lowest BCUT2D eigenvalue weighted by Gasteiger charge is -2.14. The number of nitrogens with zero attached hydrogens (tertiary/aromatic N) is 1. The van der Waals surface area contributed by atoms with Crippen molar-refractivity contribution in [2.24, 2.45) is 0 Å². The number of carbonyl (C=O) groups excluding carboxylic acids is 1. The first-order valence-corrected chi connectivity index (χ1v) is 6.30. The van der Waals surface area contributed by atoms with E-state index in [9.17, 15) is 9.00 Å². The summed E-state index contributed by atoms with van der Waals surface area (Å²) >= 11 is 0. The van der Waals surface area contributed by atoms with Gasteiger partial charge in [0.05, 0.1) is 5.69 Å². The van der Waals surface area contributed by atoms with Crippen LogP contribution in [0.25, 0.3) is 0 Å². The van der Waals surface area contributed by atoms with Crippen molar-refractivity contribution in [1.29, 1.82) is 0 Å². The highest BCUT2D eigenvalue weighted by Crippen LogP contribution is 2.13. The number of carbonyl (C=O) groups is 1. The van der Waals surface area contributed by atoms with Crippen molar-refractivity contribution in [2.45, 2.75) is 19.4 Å². The Morgan fingerprint density at radius 3 is 2.93 bits per heavy atom. The summed E-state index contributed by atoms with van der Waals surface area (Å²) in [4.78, 5) is 10.7. The molecule has 0 amide bonds. The molecule has 4 heteroatoms. The smallest absolute Gasteiger partial charge is 0.166 e. The summed E-state index contributed by atoms with van der Waals surface area (Å²) in [5, 5.41) is 0. The topological polar surface area (TPSA) is 39.1 Å². The fraction of sp³-hybridized carbons (Fsp3) is 0.500. The number of rotatable bonds is 5. The van der Waals surface area contributed by atoms with Crippen LogP contribution in [-0.4, -0.2) is 27.1 Å². The van der Waals surface area contributed by atoms with Crippen LogP contribution in [0.5, 0.6) is 0 Å². The van der Waals surface area contributed by atoms with E-state index in [0.717, 1.165) is 12.7 Å². The second kappa shape index (κ2) is 5.10. The lowest BCUT2D eigenvalue weighted by atomic mass is 10.2. The fourth-order valence-corrected chi connectivity index (χ4v) is 2.06. The van der Waals surface area contributed by atoms with Gasteiger partial charge in [-0.3, -0.25) is 9.00 Å². The van der Waals surface area contributed by atoms with Crippen molar-refractivity contribution in [2.75, 3.05) is 12.0 Å². The molecule has 0 aromatic carbocycles. The van der Waals surface area contributed by atoms with Crippen molar-refractivity contribution in [1.82, 2.24) is 4.57 Å². The van der Waals surface area contributed by atoms with Gasteiger partial charge >= 0.3 is 0 Å². The van der Waals surface area contributed by atoms with E-state index in [1.54, 1.807) is 12.3 Å². The van der Waals surface area contributed by atoms with Crippen LogP contribution >= 0.6 is 0 Å². The molecule has 0 aliphatic carbocycles. The molecule has 1 aromatic rings. The minimum Gasteiger partial charge on any atom is -0.343 e. The van der Waals surface area contributed by atoms with Gasteiger partial charge in [0.1, 0.15) is 0 Å². The minimum atomic E-state index is -0.758. The maximum absolute atomic E-state index is 10.9. The van der Waals surface area contributed by atoms with Crippen molar-refractivity contribution in [3.8, 4) is 0 Å². The van der Waals surface area contributed by atoms with E-state index >= 15 is 0 Å². The molecule has 0 fully saturated rings. The summed E-state index contributed by atoms with van der Waals surface area (Å²) in [6, 6.07) is 3.87. The lowest BCUT2D eigenvalue weighted by molar-refractivity contribution is 0.111. The third kappa shape index (κ3) is 2.80. The summed E-state index contributed by atoms with van der Waals surface area (Å²) in [6.07, 6.45) is 5.26. The molecule has 2 unspecified atom stereocenters. The van der Waals surface area contributed by atoms with Gasteiger partial charge in [0.2, 0.25) is 0 Å². The quantitative estimate of drug-likeness (QED) is 0.697. The minimum absolute atomic E-state index is 0.231. The summed E-state index contributed by atoms with van der Waals surface area (Å²) < 4.78 is 12.8. The van der Waals surface area contributed by atoms with E-state index in [2.05, 4.69) is 0 Å². The monoisotopic (exact) mass is 213 g/mol. The molecular weight excluding hydrogens is 198 g/mol. The molecule has 1 rings (SSSR count). The number of hydrogen-bond donors (Lipinski definition) is 0. The van der Waals surface area contributed by atoms with E-state index in [4.69, 9.17) is 0 Å². The maximum Gasteiger partial charge on any atom is 0.166 e. The fourth-order valence-electron chi connectivity index (χ4n) is 1.38. The van der Waals surface area contributed by atoms with Gasteiger partial charge in [0, 0.05) is 35.0 Å². The van der Waals surface area contributed by atoms with Crippen LogP contribution in [0.3, 0.4) is 0 Å². The maximum atomic E-state index is 10.9. The zero-order valence-electron chi connectivity index (χ0n) is 8.47. The van der Waals surface area contributed by atoms with Gasteiger partial charge in [0.15, 0.2) is 6.29 Å². The van der Waals surface area contributed by atoms with Crippen LogP contribution in [0.1, 0.15) is 29.9 Å². The molecule has 2 atom stereocenters. The van der Waals surface area contributed by atoms with Crippen LogP contribution in [0.4, 0.5) is 0 Å². The first kappa shape index (κ1) is 11.2. The molecule has 78 valence electrons. The van der Waals surface area contributed by atoms with Gasteiger partial charge in [-0.2, -0.15) is 0 Å². The Bertz CT molecular complexity index is 333. The van der Waals surface area contributed by atoms with Crippen LogP contribution in [0.2, 0.25) is 0 Å². The summed E-state index contributed by atoms with van der Waals surface area (Å²) in [7, 11) is -0.758. The highest BCUT2D eigenvalue weighted by molar-refractivity contribution is 7.84. The molecule has 0 saturated carbocycles. The van der Waals surface area contributed by atoms with Crippen molar-refractivity contribution >= 4 is 17.1 Å². The van der Waals surface area contributed by atoms with Gasteiger partial charge in [-0.25, -0.2) is 0 Å². The third-order valence-corrected chi connectivity index (χ3v) is 3.04. The van der Waals surface area contributed by atoms with E-state index in [-0.39, 0.29) is 6.04 Å². The number of hydrogen-bond acceptors (Lipinski definition) is 2. The molecule has 0 spiro atoms. The summed E-state index contributed by atoms with van der Waals surface area (Å²) in [5.74, 6) is 0.678. The van der Waals surface area contributed by atoms with Crippen LogP contribution in [-0.2, 0) is 10.8 Å². The Labute approximate surface area is 86.6 Å². The van der Waals surface area contributed by atoms with Crippen molar-refractivity contribution in [3.05, 3.63) is 24.0 Å². The highest BCUT2D eigenvalue weighted by atomic mass is 32.2. The average Bonchev–Trinajstić information content (AvgIpc) is 2.61. The predicted octanol–water partition coefficient (Wildman–Crippen LogP) is 1.63. The zero-order valence-corrected chi connectivity index (χ0v) is 9.29. The van der Waals surface area contributed by atoms with Crippen LogP contribution in [0.15, 0.2) is 18.3 Å². The molecule has 0 N–H and O–H groups in total. The largest absolute Gasteiger partial charge is 0.343 e. The van der Waals surface area contributed by atoms with E-state index in [1.165, 1.54) is 0 Å². The molecule has 1 aromatic heterocycles. The Balaban J connectivity index is 2.64. The normalized spacial score (nSPS) is 15.0. The Kier molecular flexibility index (Phi) is 4.07. The van der Waals surface area contributed by atoms with E-state index in [1.807, 2.05) is 23.8 Å². The Morgan fingerprint density at radius 2 is 2.36 bits per heavy atom. The second-order valence-electron chi connectivity index (χ2n) is 3.37. The van der Waals surface area contributed by atoms with Gasteiger partial charge in [0.25, 0.3) is 0 Å². The Hall–Kier alpha value is -0.900. The van der Waals surface area contributed by atoms with E-state index in [0.29, 0.717) is 11.4 Å². The predicted molar refractivity (Wildman–Crippen MR) is 58.1 cm³/mol. The van der Waals surface area contributed by atoms with Gasteiger partial charge < -0.3 is 4.57 Å². The first-order valence-electron chi connectivity index (χ1n) is 4.57. The van der Waals surface area contributed by atoms with Gasteiger partial charge in [-0.1, -0.05) is 0 Å². The molecule has 0 aliphatic rings. The molecule has 0 aliphatic heterocycles. The SMILES string of the molecule is CC(CCS(C)=O)n1cccc1C=O. The van der Waals surface area contributed by atoms with Gasteiger partial charge in [-0.05, 0) is 25.5 Å². The number of aromatic nitrogens is 1. The molecule has 0 saturated heterocycles. The molecular formula is C10H15NO2S. The summed E-state index contributed by atoms with van der Waals surface area (Å²) in [6.45, 7) is 2.03. The second-order valence-corrected chi connectivity index (χ2v) is 4.93. The van der Waals surface area contributed by atoms with Crippen LogP contribution < -0.4 is 0 Å². The lowest BCUT2D eigenvalue weighted by Crippen LogP contribution is -2.10. The van der Waals surface area contributed by atoms with E-state index < -0.39 is 10.8 Å². The molecule has 14 heavy (non-hydrogen) atoms. The molecule has 3 nitrogen and oxygen atoms in total. The van der Waals surface area contributed by atoms with Gasteiger partial charge in [-0.15, -0.1) is 0 Å².